The molecule has 1 unspecified atom stereocenters. The highest BCUT2D eigenvalue weighted by atomic mass is 79.9. The van der Waals surface area contributed by atoms with Crippen molar-refractivity contribution in [3.8, 4) is 10.6 Å². The largest absolute Gasteiger partial charge is 0.241 e. The lowest BCUT2D eigenvalue weighted by molar-refractivity contribution is 0.217. The molecule has 1 aromatic carbocycles. The van der Waals surface area contributed by atoms with Crippen LogP contribution in [0.2, 0.25) is 0 Å². The Hall–Kier alpha value is -0.670. The number of nitrogens with zero attached hydrogens (tertiary/aromatic N) is 1. The predicted octanol–water partition coefficient (Wildman–Crippen LogP) is 5.72. The van der Waals surface area contributed by atoms with Crippen LogP contribution in [-0.2, 0) is 12.8 Å². The summed E-state index contributed by atoms with van der Waals surface area (Å²) in [6.45, 7) is 7.08. The Bertz CT molecular complexity index is 624. The van der Waals surface area contributed by atoms with E-state index in [2.05, 4.69) is 61.0 Å². The standard InChI is InChI=1S/C17H20BrNS/c1-17(2,3)12-7-8-14-15(10-12)20-16(19-14)11-5-4-6-13(18)9-11/h4-6,9,12H,7-8,10H2,1-3H3. The van der Waals surface area contributed by atoms with E-state index in [-0.39, 0.29) is 0 Å². The first-order valence-electron chi connectivity index (χ1n) is 7.18. The van der Waals surface area contributed by atoms with E-state index in [1.165, 1.54) is 34.0 Å². The highest BCUT2D eigenvalue weighted by molar-refractivity contribution is 9.10. The fraction of sp³-hybridized carbons (Fsp3) is 0.471. The van der Waals surface area contributed by atoms with Gasteiger partial charge in [-0.2, -0.15) is 0 Å². The molecule has 0 saturated heterocycles. The summed E-state index contributed by atoms with van der Waals surface area (Å²) in [4.78, 5) is 6.38. The van der Waals surface area contributed by atoms with Gasteiger partial charge in [-0.25, -0.2) is 4.98 Å². The summed E-state index contributed by atoms with van der Waals surface area (Å²) < 4.78 is 1.12. The number of hydrogen-bond acceptors (Lipinski definition) is 2. The van der Waals surface area contributed by atoms with Gasteiger partial charge in [-0.3, -0.25) is 0 Å². The Morgan fingerprint density at radius 1 is 1.30 bits per heavy atom. The van der Waals surface area contributed by atoms with Crippen molar-refractivity contribution >= 4 is 27.3 Å². The van der Waals surface area contributed by atoms with Crippen LogP contribution >= 0.6 is 27.3 Å². The zero-order chi connectivity index (χ0) is 14.3. The number of thiazole rings is 1. The van der Waals surface area contributed by atoms with E-state index >= 15 is 0 Å². The van der Waals surface area contributed by atoms with Crippen LogP contribution in [0.1, 0.15) is 37.8 Å². The lowest BCUT2D eigenvalue weighted by Gasteiger charge is -2.33. The molecule has 0 amide bonds. The second-order valence-corrected chi connectivity index (χ2v) is 8.70. The summed E-state index contributed by atoms with van der Waals surface area (Å²) in [5, 5.41) is 1.17. The summed E-state index contributed by atoms with van der Waals surface area (Å²) in [6.07, 6.45) is 3.62. The van der Waals surface area contributed by atoms with Gasteiger partial charge in [-0.15, -0.1) is 11.3 Å². The molecule has 106 valence electrons. The molecular formula is C17H20BrNS. The van der Waals surface area contributed by atoms with Gasteiger partial charge in [0.25, 0.3) is 0 Å². The average molecular weight is 350 g/mol. The predicted molar refractivity (Wildman–Crippen MR) is 90.2 cm³/mol. The normalized spacial score (nSPS) is 18.9. The molecule has 0 aliphatic heterocycles. The van der Waals surface area contributed by atoms with Crippen LogP contribution in [0.25, 0.3) is 10.6 Å². The van der Waals surface area contributed by atoms with Crippen molar-refractivity contribution in [1.29, 1.82) is 0 Å². The van der Waals surface area contributed by atoms with E-state index in [1.54, 1.807) is 0 Å². The van der Waals surface area contributed by atoms with Crippen LogP contribution < -0.4 is 0 Å². The first-order chi connectivity index (χ1) is 9.43. The molecule has 0 radical (unpaired) electrons. The number of hydrogen-bond donors (Lipinski definition) is 0. The zero-order valence-corrected chi connectivity index (χ0v) is 14.6. The van der Waals surface area contributed by atoms with E-state index in [4.69, 9.17) is 4.98 Å². The molecule has 0 spiro atoms. The molecule has 0 fully saturated rings. The van der Waals surface area contributed by atoms with Gasteiger partial charge < -0.3 is 0 Å². The third kappa shape index (κ3) is 2.84. The van der Waals surface area contributed by atoms with Crippen LogP contribution in [0, 0.1) is 11.3 Å². The minimum atomic E-state index is 0.400. The highest BCUT2D eigenvalue weighted by Gasteiger charge is 2.30. The Morgan fingerprint density at radius 2 is 2.10 bits per heavy atom. The van der Waals surface area contributed by atoms with E-state index in [1.807, 2.05) is 11.3 Å². The molecule has 1 aromatic heterocycles. The van der Waals surface area contributed by atoms with Gasteiger partial charge in [0.1, 0.15) is 5.01 Å². The molecule has 2 aromatic rings. The molecule has 1 aliphatic carbocycles. The van der Waals surface area contributed by atoms with Crippen molar-refractivity contribution in [3.63, 3.8) is 0 Å². The van der Waals surface area contributed by atoms with Gasteiger partial charge in [0.15, 0.2) is 0 Å². The molecule has 0 bridgehead atoms. The number of aromatic nitrogens is 1. The van der Waals surface area contributed by atoms with Gasteiger partial charge in [0, 0.05) is 14.9 Å². The van der Waals surface area contributed by atoms with Gasteiger partial charge in [-0.05, 0) is 42.7 Å². The van der Waals surface area contributed by atoms with E-state index < -0.39 is 0 Å². The summed E-state index contributed by atoms with van der Waals surface area (Å²) in [7, 11) is 0. The Labute approximate surface area is 133 Å². The minimum absolute atomic E-state index is 0.400. The number of halogens is 1. The fourth-order valence-electron chi connectivity index (χ4n) is 2.86. The molecule has 1 aliphatic rings. The number of fused-ring (bicyclic) bond motifs is 1. The molecule has 1 atom stereocenters. The maximum Gasteiger partial charge on any atom is 0.123 e. The number of aryl methyl sites for hydroxylation is 1. The van der Waals surface area contributed by atoms with Crippen molar-refractivity contribution < 1.29 is 0 Å². The summed E-state index contributed by atoms with van der Waals surface area (Å²) >= 11 is 5.43. The second-order valence-electron chi connectivity index (χ2n) is 6.70. The minimum Gasteiger partial charge on any atom is -0.241 e. The van der Waals surface area contributed by atoms with Gasteiger partial charge in [-0.1, -0.05) is 48.8 Å². The van der Waals surface area contributed by atoms with Gasteiger partial charge in [0.2, 0.25) is 0 Å². The first-order valence-corrected chi connectivity index (χ1v) is 8.79. The SMILES string of the molecule is CC(C)(C)C1CCc2nc(-c3cccc(Br)c3)sc2C1. The Kier molecular flexibility index (Phi) is 3.76. The lowest BCUT2D eigenvalue weighted by Crippen LogP contribution is -2.26. The second kappa shape index (κ2) is 5.27. The topological polar surface area (TPSA) is 12.9 Å². The first kappa shape index (κ1) is 14.3. The van der Waals surface area contributed by atoms with E-state index in [0.717, 1.165) is 16.8 Å². The number of rotatable bonds is 1. The van der Waals surface area contributed by atoms with Crippen LogP contribution in [0.5, 0.6) is 0 Å². The van der Waals surface area contributed by atoms with Crippen LogP contribution in [0.3, 0.4) is 0 Å². The number of benzene rings is 1. The summed E-state index contributed by atoms with van der Waals surface area (Å²) in [5.41, 5.74) is 2.97. The average Bonchev–Trinajstić information content (AvgIpc) is 2.80. The van der Waals surface area contributed by atoms with Gasteiger partial charge in [0.05, 0.1) is 5.69 Å². The smallest absolute Gasteiger partial charge is 0.123 e. The Morgan fingerprint density at radius 3 is 2.80 bits per heavy atom. The molecule has 0 saturated carbocycles. The Balaban J connectivity index is 1.91. The van der Waals surface area contributed by atoms with Crippen molar-refractivity contribution in [2.45, 2.75) is 40.0 Å². The van der Waals surface area contributed by atoms with Crippen LogP contribution in [0.15, 0.2) is 28.7 Å². The summed E-state index contributed by atoms with van der Waals surface area (Å²) in [6, 6.07) is 8.45. The molecule has 20 heavy (non-hydrogen) atoms. The summed E-state index contributed by atoms with van der Waals surface area (Å²) in [5.74, 6) is 0.783. The third-order valence-electron chi connectivity index (χ3n) is 4.24. The molecule has 1 heterocycles. The molecule has 3 rings (SSSR count). The van der Waals surface area contributed by atoms with Crippen molar-refractivity contribution in [2.24, 2.45) is 11.3 Å². The van der Waals surface area contributed by atoms with E-state index in [0.29, 0.717) is 5.41 Å². The zero-order valence-electron chi connectivity index (χ0n) is 12.2. The quantitative estimate of drug-likeness (QED) is 0.641. The maximum atomic E-state index is 4.88. The van der Waals surface area contributed by atoms with Crippen LogP contribution in [0.4, 0.5) is 0 Å². The van der Waals surface area contributed by atoms with E-state index in [9.17, 15) is 0 Å². The van der Waals surface area contributed by atoms with Crippen LogP contribution in [-0.4, -0.2) is 4.98 Å². The third-order valence-corrected chi connectivity index (χ3v) is 5.90. The van der Waals surface area contributed by atoms with Crippen molar-refractivity contribution in [1.82, 2.24) is 4.98 Å². The highest BCUT2D eigenvalue weighted by Crippen LogP contribution is 2.41. The molecule has 0 N–H and O–H groups in total. The van der Waals surface area contributed by atoms with Crippen molar-refractivity contribution in [3.05, 3.63) is 39.3 Å². The van der Waals surface area contributed by atoms with Crippen molar-refractivity contribution in [2.75, 3.05) is 0 Å². The monoisotopic (exact) mass is 349 g/mol. The molecule has 3 heteroatoms. The lowest BCUT2D eigenvalue weighted by atomic mass is 9.73. The molecular weight excluding hydrogens is 330 g/mol. The van der Waals surface area contributed by atoms with Gasteiger partial charge >= 0.3 is 0 Å². The maximum absolute atomic E-state index is 4.88. The fourth-order valence-corrected chi connectivity index (χ4v) is 4.44. The molecule has 1 nitrogen and oxygen atoms in total.